The molecule has 4 nitrogen and oxygen atoms in total. The summed E-state index contributed by atoms with van der Waals surface area (Å²) in [6.07, 6.45) is 2.96. The second-order valence-corrected chi connectivity index (χ2v) is 4.57. The zero-order chi connectivity index (χ0) is 14.2. The van der Waals surface area contributed by atoms with Crippen LogP contribution in [0.15, 0.2) is 36.5 Å². The Labute approximate surface area is 119 Å². The van der Waals surface area contributed by atoms with Gasteiger partial charge < -0.3 is 10.1 Å². The van der Waals surface area contributed by atoms with Crippen LogP contribution in [0.2, 0.25) is 0 Å². The van der Waals surface area contributed by atoms with Crippen LogP contribution in [0.25, 0.3) is 10.9 Å². The summed E-state index contributed by atoms with van der Waals surface area (Å²) in [6.45, 7) is 4.02. The van der Waals surface area contributed by atoms with E-state index in [0.29, 0.717) is 19.6 Å². The molecule has 0 aliphatic heterocycles. The lowest BCUT2D eigenvalue weighted by Crippen LogP contribution is -2.27. The van der Waals surface area contributed by atoms with Crippen molar-refractivity contribution in [3.05, 3.63) is 42.1 Å². The fourth-order valence-electron chi connectivity index (χ4n) is 2.09. The maximum absolute atomic E-state index is 11.9. The number of fused-ring (bicyclic) bond motifs is 1. The van der Waals surface area contributed by atoms with Crippen molar-refractivity contribution in [2.45, 2.75) is 19.8 Å². The first-order valence-electron chi connectivity index (χ1n) is 6.98. The van der Waals surface area contributed by atoms with Gasteiger partial charge in [0.25, 0.3) is 0 Å². The molecular formula is C16H20N2O2. The van der Waals surface area contributed by atoms with Gasteiger partial charge in [-0.25, -0.2) is 0 Å². The van der Waals surface area contributed by atoms with Crippen LogP contribution in [0.3, 0.4) is 0 Å². The summed E-state index contributed by atoms with van der Waals surface area (Å²) in [6, 6.07) is 9.83. The summed E-state index contributed by atoms with van der Waals surface area (Å²) in [5, 5.41) is 3.97. The van der Waals surface area contributed by atoms with Crippen LogP contribution >= 0.6 is 0 Å². The number of hydrogen-bond donors (Lipinski definition) is 1. The summed E-state index contributed by atoms with van der Waals surface area (Å²) in [5.41, 5.74) is 1.87. The van der Waals surface area contributed by atoms with Gasteiger partial charge in [0.05, 0.1) is 11.9 Å². The highest BCUT2D eigenvalue weighted by Gasteiger charge is 2.07. The molecule has 0 spiro atoms. The van der Waals surface area contributed by atoms with E-state index in [1.165, 1.54) is 0 Å². The molecule has 1 aromatic carbocycles. The van der Waals surface area contributed by atoms with Gasteiger partial charge in [-0.2, -0.15) is 0 Å². The van der Waals surface area contributed by atoms with Gasteiger partial charge in [0.2, 0.25) is 5.91 Å². The molecule has 0 fully saturated rings. The average molecular weight is 272 g/mol. The van der Waals surface area contributed by atoms with Gasteiger partial charge in [0.1, 0.15) is 0 Å². The topological polar surface area (TPSA) is 51.2 Å². The number of pyridine rings is 1. The van der Waals surface area contributed by atoms with Crippen LogP contribution in [-0.2, 0) is 16.0 Å². The molecule has 106 valence electrons. The molecule has 0 saturated heterocycles. The number of aromatic nitrogens is 1. The maximum atomic E-state index is 11.9. The molecule has 1 heterocycles. The molecule has 0 aliphatic rings. The molecule has 2 aromatic rings. The van der Waals surface area contributed by atoms with Gasteiger partial charge in [-0.3, -0.25) is 9.78 Å². The minimum absolute atomic E-state index is 0.0275. The van der Waals surface area contributed by atoms with E-state index < -0.39 is 0 Å². The number of carbonyl (C=O) groups is 1. The van der Waals surface area contributed by atoms with Gasteiger partial charge in [-0.1, -0.05) is 24.3 Å². The maximum Gasteiger partial charge on any atom is 0.224 e. The molecule has 20 heavy (non-hydrogen) atoms. The minimum atomic E-state index is 0.0275. The number of para-hydroxylation sites is 1. The smallest absolute Gasteiger partial charge is 0.224 e. The van der Waals surface area contributed by atoms with E-state index in [2.05, 4.69) is 10.3 Å². The monoisotopic (exact) mass is 272 g/mol. The fourth-order valence-corrected chi connectivity index (χ4v) is 2.09. The van der Waals surface area contributed by atoms with Crippen molar-refractivity contribution in [1.29, 1.82) is 0 Å². The van der Waals surface area contributed by atoms with Crippen molar-refractivity contribution in [3.63, 3.8) is 0 Å². The number of hydrogen-bond acceptors (Lipinski definition) is 3. The second-order valence-electron chi connectivity index (χ2n) is 4.57. The number of ether oxygens (including phenoxy) is 1. The van der Waals surface area contributed by atoms with Gasteiger partial charge >= 0.3 is 0 Å². The molecule has 1 aromatic heterocycles. The Bertz CT molecular complexity index is 564. The van der Waals surface area contributed by atoms with E-state index in [1.54, 1.807) is 6.20 Å². The fraction of sp³-hybridized carbons (Fsp3) is 0.375. The van der Waals surface area contributed by atoms with E-state index in [4.69, 9.17) is 4.74 Å². The predicted molar refractivity (Wildman–Crippen MR) is 79.6 cm³/mol. The molecule has 0 atom stereocenters. The van der Waals surface area contributed by atoms with Gasteiger partial charge in [-0.05, 0) is 25.0 Å². The Morgan fingerprint density at radius 1 is 1.30 bits per heavy atom. The minimum Gasteiger partial charge on any atom is -0.382 e. The largest absolute Gasteiger partial charge is 0.382 e. The quantitative estimate of drug-likeness (QED) is 0.787. The van der Waals surface area contributed by atoms with Gasteiger partial charge in [0.15, 0.2) is 0 Å². The summed E-state index contributed by atoms with van der Waals surface area (Å²) in [5.74, 6) is 0.0275. The highest BCUT2D eigenvalue weighted by atomic mass is 16.5. The number of amides is 1. The normalized spacial score (nSPS) is 10.7. The van der Waals surface area contributed by atoms with E-state index in [9.17, 15) is 4.79 Å². The van der Waals surface area contributed by atoms with Crippen LogP contribution in [-0.4, -0.2) is 30.6 Å². The Morgan fingerprint density at radius 3 is 3.00 bits per heavy atom. The third kappa shape index (κ3) is 4.03. The first-order chi connectivity index (χ1) is 9.81. The molecule has 1 amide bonds. The van der Waals surface area contributed by atoms with Crippen LogP contribution in [0.4, 0.5) is 0 Å². The molecule has 2 rings (SSSR count). The van der Waals surface area contributed by atoms with E-state index in [1.807, 2.05) is 37.3 Å². The Hall–Kier alpha value is -1.94. The van der Waals surface area contributed by atoms with Crippen molar-refractivity contribution in [1.82, 2.24) is 10.3 Å². The molecule has 0 radical (unpaired) electrons. The zero-order valence-corrected chi connectivity index (χ0v) is 11.8. The van der Waals surface area contributed by atoms with Crippen molar-refractivity contribution in [3.8, 4) is 0 Å². The number of nitrogens with one attached hydrogen (secondary N) is 1. The first-order valence-corrected chi connectivity index (χ1v) is 6.98. The Morgan fingerprint density at radius 2 is 2.15 bits per heavy atom. The summed E-state index contributed by atoms with van der Waals surface area (Å²) in [7, 11) is 0. The molecule has 0 saturated carbocycles. The van der Waals surface area contributed by atoms with Crippen LogP contribution in [0.1, 0.15) is 18.9 Å². The molecule has 1 N–H and O–H groups in total. The highest BCUT2D eigenvalue weighted by molar-refractivity contribution is 5.87. The van der Waals surface area contributed by atoms with Crippen LogP contribution < -0.4 is 5.32 Å². The molecular weight excluding hydrogens is 252 g/mol. The molecule has 4 heteroatoms. The van der Waals surface area contributed by atoms with Crippen LogP contribution in [0.5, 0.6) is 0 Å². The molecule has 0 aliphatic carbocycles. The van der Waals surface area contributed by atoms with Gasteiger partial charge in [0, 0.05) is 31.3 Å². The first kappa shape index (κ1) is 14.5. The van der Waals surface area contributed by atoms with Crippen molar-refractivity contribution >= 4 is 16.8 Å². The highest BCUT2D eigenvalue weighted by Crippen LogP contribution is 2.16. The third-order valence-electron chi connectivity index (χ3n) is 3.06. The lowest BCUT2D eigenvalue weighted by atomic mass is 10.1. The standard InChI is InChI=1S/C16H20N2O2/c1-2-20-11-5-10-17-15(19)12-14-7-3-6-13-8-4-9-18-16(13)14/h3-4,6-9H,2,5,10-12H2,1H3,(H,17,19). The number of benzene rings is 1. The predicted octanol–water partition coefficient (Wildman–Crippen LogP) is 2.32. The zero-order valence-electron chi connectivity index (χ0n) is 11.8. The Balaban J connectivity index is 1.90. The number of rotatable bonds is 7. The van der Waals surface area contributed by atoms with E-state index in [-0.39, 0.29) is 5.91 Å². The Kier molecular flexibility index (Phi) is 5.50. The average Bonchev–Trinajstić information content (AvgIpc) is 2.47. The van der Waals surface area contributed by atoms with Crippen molar-refractivity contribution in [2.75, 3.05) is 19.8 Å². The van der Waals surface area contributed by atoms with E-state index >= 15 is 0 Å². The lowest BCUT2D eigenvalue weighted by Gasteiger charge is -2.07. The summed E-state index contributed by atoms with van der Waals surface area (Å²) in [4.78, 5) is 16.3. The molecule has 0 bridgehead atoms. The summed E-state index contributed by atoms with van der Waals surface area (Å²) >= 11 is 0. The van der Waals surface area contributed by atoms with Gasteiger partial charge in [-0.15, -0.1) is 0 Å². The SMILES string of the molecule is CCOCCCNC(=O)Cc1cccc2cccnc12. The van der Waals surface area contributed by atoms with Crippen molar-refractivity contribution in [2.24, 2.45) is 0 Å². The number of carbonyl (C=O) groups excluding carboxylic acids is 1. The number of nitrogens with zero attached hydrogens (tertiary/aromatic N) is 1. The molecule has 0 unspecified atom stereocenters. The summed E-state index contributed by atoms with van der Waals surface area (Å²) < 4.78 is 5.23. The van der Waals surface area contributed by atoms with Crippen LogP contribution in [0, 0.1) is 0 Å². The lowest BCUT2D eigenvalue weighted by molar-refractivity contribution is -0.120. The second kappa shape index (κ2) is 7.60. The van der Waals surface area contributed by atoms with E-state index in [0.717, 1.165) is 29.5 Å². The third-order valence-corrected chi connectivity index (χ3v) is 3.06. The van der Waals surface area contributed by atoms with Crippen molar-refractivity contribution < 1.29 is 9.53 Å².